The number of carbonyl (C=O) groups excluding carboxylic acids is 1. The molecule has 0 aromatic rings. The molecular weight excluding hydrogens is 154 g/mol. The number of nitrogens with one attached hydrogen (secondary N) is 2. The zero-order chi connectivity index (χ0) is 9.23. The number of hydrogen-bond donors (Lipinski definition) is 3. The van der Waals surface area contributed by atoms with E-state index in [0.717, 1.165) is 0 Å². The van der Waals surface area contributed by atoms with E-state index in [1.807, 2.05) is 5.43 Å². The van der Waals surface area contributed by atoms with E-state index < -0.39 is 0 Å². The second-order valence-corrected chi connectivity index (χ2v) is 2.16. The first-order valence-electron chi connectivity index (χ1n) is 3.81. The Morgan fingerprint density at radius 1 is 1.33 bits per heavy atom. The third-order valence-corrected chi connectivity index (χ3v) is 1.24. The molecule has 0 aromatic carbocycles. The summed E-state index contributed by atoms with van der Waals surface area (Å²) in [5.41, 5.74) is 1.86. The summed E-state index contributed by atoms with van der Waals surface area (Å²) in [4.78, 5) is 9.83. The van der Waals surface area contributed by atoms with Crippen LogP contribution in [0.2, 0.25) is 0 Å². The molecule has 0 saturated heterocycles. The number of allylic oxidation sites excluding steroid dienone is 4. The molecule has 0 aliphatic heterocycles. The van der Waals surface area contributed by atoms with Crippen LogP contribution in [0, 0.1) is 0 Å². The van der Waals surface area contributed by atoms with Crippen molar-refractivity contribution in [2.24, 2.45) is 5.84 Å². The van der Waals surface area contributed by atoms with E-state index in [1.165, 1.54) is 19.9 Å². The highest BCUT2D eigenvalue weighted by atomic mass is 16.2. The molecule has 0 heterocycles. The molecule has 1 aliphatic rings. The highest BCUT2D eigenvalue weighted by Gasteiger charge is 1.82. The molecule has 0 aromatic heterocycles. The number of nitrogens with two attached hydrogens (primary N) is 1. The third-order valence-electron chi connectivity index (χ3n) is 1.24. The van der Waals surface area contributed by atoms with Crippen molar-refractivity contribution in [2.75, 3.05) is 7.05 Å². The first kappa shape index (κ1) is 10.7. The van der Waals surface area contributed by atoms with E-state index in [9.17, 15) is 4.79 Å². The lowest BCUT2D eigenvalue weighted by Crippen LogP contribution is -2.37. The molecule has 0 atom stereocenters. The Labute approximate surface area is 72.5 Å². The molecular formula is C8H15N3O. The molecule has 0 bridgehead atoms. The zero-order valence-electron chi connectivity index (χ0n) is 7.21. The topological polar surface area (TPSA) is 67.2 Å². The van der Waals surface area contributed by atoms with Crippen LogP contribution in [0.25, 0.3) is 0 Å². The summed E-state index contributed by atoms with van der Waals surface area (Å²) in [6.45, 7) is 0. The number of hydrazine groups is 1. The maximum absolute atomic E-state index is 9.83. The summed E-state index contributed by atoms with van der Waals surface area (Å²) < 4.78 is 0. The van der Waals surface area contributed by atoms with Gasteiger partial charge in [-0.05, 0) is 12.8 Å². The van der Waals surface area contributed by atoms with Crippen LogP contribution in [-0.4, -0.2) is 13.1 Å². The van der Waals surface area contributed by atoms with Gasteiger partial charge in [0, 0.05) is 7.05 Å². The Bertz CT molecular complexity index is 157. The number of urea groups is 1. The summed E-state index contributed by atoms with van der Waals surface area (Å²) in [7, 11) is 1.49. The quantitative estimate of drug-likeness (QED) is 0.283. The molecule has 4 nitrogen and oxygen atoms in total. The summed E-state index contributed by atoms with van der Waals surface area (Å²) >= 11 is 0. The normalized spacial score (nSPS) is 12.8. The monoisotopic (exact) mass is 169 g/mol. The van der Waals surface area contributed by atoms with E-state index in [2.05, 4.69) is 35.5 Å². The molecule has 12 heavy (non-hydrogen) atoms. The Morgan fingerprint density at radius 2 is 1.83 bits per heavy atom. The van der Waals surface area contributed by atoms with Crippen molar-refractivity contribution in [3.8, 4) is 0 Å². The maximum atomic E-state index is 9.83. The van der Waals surface area contributed by atoms with Gasteiger partial charge in [-0.25, -0.2) is 10.6 Å². The van der Waals surface area contributed by atoms with E-state index in [-0.39, 0.29) is 6.03 Å². The molecule has 0 fully saturated rings. The van der Waals surface area contributed by atoms with Crippen LogP contribution in [-0.2, 0) is 0 Å². The highest BCUT2D eigenvalue weighted by Crippen LogP contribution is 1.98. The van der Waals surface area contributed by atoms with Crippen LogP contribution in [0.5, 0.6) is 0 Å². The smallest absolute Gasteiger partial charge is 0.328 e. The summed E-state index contributed by atoms with van der Waals surface area (Å²) in [5.74, 6) is 4.62. The third kappa shape index (κ3) is 6.82. The summed E-state index contributed by atoms with van der Waals surface area (Å²) in [5, 5.41) is 2.24. The average Bonchev–Trinajstić information content (AvgIpc) is 2.20. The average molecular weight is 169 g/mol. The van der Waals surface area contributed by atoms with Crippen molar-refractivity contribution >= 4 is 6.03 Å². The molecule has 0 unspecified atom stereocenters. The predicted molar refractivity (Wildman–Crippen MR) is 49.3 cm³/mol. The first-order chi connectivity index (χ1) is 5.81. The van der Waals surface area contributed by atoms with Crippen molar-refractivity contribution in [3.05, 3.63) is 24.3 Å². The van der Waals surface area contributed by atoms with Gasteiger partial charge < -0.3 is 5.32 Å². The van der Waals surface area contributed by atoms with Gasteiger partial charge in [-0.3, -0.25) is 5.43 Å². The number of amides is 2. The lowest BCUT2D eigenvalue weighted by Gasteiger charge is -1.90. The Morgan fingerprint density at radius 3 is 1.92 bits per heavy atom. The van der Waals surface area contributed by atoms with Crippen LogP contribution in [0.4, 0.5) is 4.79 Å². The van der Waals surface area contributed by atoms with Gasteiger partial charge in [0.05, 0.1) is 0 Å². The molecule has 68 valence electrons. The van der Waals surface area contributed by atoms with Gasteiger partial charge in [-0.1, -0.05) is 24.3 Å². The highest BCUT2D eigenvalue weighted by molar-refractivity contribution is 5.72. The lowest BCUT2D eigenvalue weighted by atomic mass is 10.2. The fraction of sp³-hybridized carbons (Fsp3) is 0.375. The Hall–Kier alpha value is -1.29. The van der Waals surface area contributed by atoms with Gasteiger partial charge >= 0.3 is 6.03 Å². The molecule has 4 heteroatoms. The second-order valence-electron chi connectivity index (χ2n) is 2.16. The minimum atomic E-state index is -0.380. The van der Waals surface area contributed by atoms with E-state index in [4.69, 9.17) is 0 Å². The molecule has 0 spiro atoms. The number of rotatable bonds is 0. The van der Waals surface area contributed by atoms with E-state index >= 15 is 0 Å². The molecule has 2 amide bonds. The molecule has 1 rings (SSSR count). The van der Waals surface area contributed by atoms with Crippen LogP contribution < -0.4 is 16.6 Å². The van der Waals surface area contributed by atoms with Crippen molar-refractivity contribution in [2.45, 2.75) is 12.8 Å². The van der Waals surface area contributed by atoms with Crippen molar-refractivity contribution in [3.63, 3.8) is 0 Å². The van der Waals surface area contributed by atoms with Gasteiger partial charge in [0.25, 0.3) is 0 Å². The van der Waals surface area contributed by atoms with Crippen LogP contribution in [0.15, 0.2) is 24.3 Å². The molecule has 0 radical (unpaired) electrons. The number of carbonyl (C=O) groups is 1. The van der Waals surface area contributed by atoms with Crippen molar-refractivity contribution < 1.29 is 4.79 Å². The SMILES string of the molecule is C1=CCCC=C1.CNC(=O)NN. The summed E-state index contributed by atoms with van der Waals surface area (Å²) in [6.07, 6.45) is 11.0. The fourth-order valence-electron chi connectivity index (χ4n) is 0.614. The van der Waals surface area contributed by atoms with E-state index in [1.54, 1.807) is 0 Å². The Balaban J connectivity index is 0.000000202. The molecule has 0 saturated carbocycles. The van der Waals surface area contributed by atoms with Crippen molar-refractivity contribution in [1.82, 2.24) is 10.7 Å². The maximum Gasteiger partial charge on any atom is 0.328 e. The minimum absolute atomic E-state index is 0.380. The van der Waals surface area contributed by atoms with Crippen LogP contribution in [0.3, 0.4) is 0 Å². The van der Waals surface area contributed by atoms with Gasteiger partial charge in [0.1, 0.15) is 0 Å². The van der Waals surface area contributed by atoms with Gasteiger partial charge in [0.2, 0.25) is 0 Å². The molecule has 4 N–H and O–H groups in total. The van der Waals surface area contributed by atoms with Crippen LogP contribution in [0.1, 0.15) is 12.8 Å². The fourth-order valence-corrected chi connectivity index (χ4v) is 0.614. The standard InChI is InChI=1S/C6H8.C2H7N3O/c1-2-4-6-5-3-1;1-4-2(6)5-3/h1-4H,5-6H2;3H2,1H3,(H2,4,5,6). The predicted octanol–water partition coefficient (Wildman–Crippen LogP) is 0.682. The van der Waals surface area contributed by atoms with E-state index in [0.29, 0.717) is 0 Å². The minimum Gasteiger partial charge on any atom is -0.340 e. The van der Waals surface area contributed by atoms with Crippen LogP contribution >= 0.6 is 0 Å². The molecule has 1 aliphatic carbocycles. The zero-order valence-corrected chi connectivity index (χ0v) is 7.21. The Kier molecular flexibility index (Phi) is 6.97. The lowest BCUT2D eigenvalue weighted by molar-refractivity contribution is 0.243. The number of hydrogen-bond acceptors (Lipinski definition) is 2. The van der Waals surface area contributed by atoms with Gasteiger partial charge in [-0.15, -0.1) is 0 Å². The first-order valence-corrected chi connectivity index (χ1v) is 3.81. The van der Waals surface area contributed by atoms with Gasteiger partial charge in [-0.2, -0.15) is 0 Å². The van der Waals surface area contributed by atoms with Gasteiger partial charge in [0.15, 0.2) is 0 Å². The summed E-state index contributed by atoms with van der Waals surface area (Å²) in [6, 6.07) is -0.380. The largest absolute Gasteiger partial charge is 0.340 e. The second kappa shape index (κ2) is 7.81. The van der Waals surface area contributed by atoms with Crippen molar-refractivity contribution in [1.29, 1.82) is 0 Å².